The van der Waals surface area contributed by atoms with Crippen molar-refractivity contribution in [1.82, 2.24) is 4.90 Å². The Bertz CT molecular complexity index is 139. The highest BCUT2D eigenvalue weighted by atomic mass is 16.5. The van der Waals surface area contributed by atoms with Crippen LogP contribution in [0.5, 0.6) is 0 Å². The Kier molecular flexibility index (Phi) is 7.63. The van der Waals surface area contributed by atoms with E-state index in [-0.39, 0.29) is 0 Å². The lowest BCUT2D eigenvalue weighted by Crippen LogP contribution is -2.24. The lowest BCUT2D eigenvalue weighted by molar-refractivity contribution is 0.160. The lowest BCUT2D eigenvalue weighted by Gasteiger charge is -2.15. The largest absolute Gasteiger partial charge is 0.388 e. The van der Waals surface area contributed by atoms with Crippen LogP contribution in [0.4, 0.5) is 0 Å². The average molecular weight is 187 g/mol. The van der Waals surface area contributed by atoms with Crippen LogP contribution in [0.3, 0.4) is 0 Å². The lowest BCUT2D eigenvalue weighted by atomic mass is 10.2. The molecule has 0 fully saturated rings. The maximum atomic E-state index is 7.04. The average Bonchev–Trinajstić information content (AvgIpc) is 2.08. The number of methoxy groups -OCH3 is 1. The second-order valence-corrected chi connectivity index (χ2v) is 3.28. The van der Waals surface area contributed by atoms with Crippen molar-refractivity contribution in [1.29, 1.82) is 5.41 Å². The van der Waals surface area contributed by atoms with Crippen LogP contribution in [0.25, 0.3) is 0 Å². The number of unbranched alkanes of at least 4 members (excludes halogenated alkanes) is 1. The van der Waals surface area contributed by atoms with Gasteiger partial charge in [0, 0.05) is 20.1 Å². The molecular formula is C9H21N3O. The van der Waals surface area contributed by atoms with Crippen molar-refractivity contribution < 1.29 is 4.74 Å². The predicted molar refractivity (Wildman–Crippen MR) is 55.1 cm³/mol. The van der Waals surface area contributed by atoms with Crippen LogP contribution in [0, 0.1) is 5.41 Å². The van der Waals surface area contributed by atoms with Crippen molar-refractivity contribution in [3.05, 3.63) is 0 Å². The van der Waals surface area contributed by atoms with E-state index < -0.39 is 0 Å². The van der Waals surface area contributed by atoms with Gasteiger partial charge in [-0.1, -0.05) is 0 Å². The van der Waals surface area contributed by atoms with Crippen molar-refractivity contribution in [3.63, 3.8) is 0 Å². The molecule has 0 aromatic carbocycles. The summed E-state index contributed by atoms with van der Waals surface area (Å²) in [7, 11) is 3.79. The van der Waals surface area contributed by atoms with Crippen molar-refractivity contribution in [2.24, 2.45) is 5.73 Å². The molecule has 0 bridgehead atoms. The molecule has 0 saturated heterocycles. The number of amidine groups is 1. The molecule has 4 nitrogen and oxygen atoms in total. The maximum Gasteiger partial charge on any atom is 0.0905 e. The molecule has 0 aliphatic carbocycles. The fraction of sp³-hybridized carbons (Fsp3) is 0.889. The van der Waals surface area contributed by atoms with Gasteiger partial charge in [0.25, 0.3) is 0 Å². The first-order valence-electron chi connectivity index (χ1n) is 4.67. The van der Waals surface area contributed by atoms with Crippen LogP contribution < -0.4 is 5.73 Å². The molecule has 78 valence electrons. The van der Waals surface area contributed by atoms with Crippen LogP contribution in [0.1, 0.15) is 19.3 Å². The second-order valence-electron chi connectivity index (χ2n) is 3.28. The van der Waals surface area contributed by atoms with Crippen molar-refractivity contribution in [3.8, 4) is 0 Å². The maximum absolute atomic E-state index is 7.04. The normalized spacial score (nSPS) is 10.7. The smallest absolute Gasteiger partial charge is 0.0905 e. The number of nitrogens with one attached hydrogen (secondary N) is 1. The van der Waals surface area contributed by atoms with E-state index >= 15 is 0 Å². The summed E-state index contributed by atoms with van der Waals surface area (Å²) in [6, 6.07) is 0. The first-order valence-corrected chi connectivity index (χ1v) is 4.67. The van der Waals surface area contributed by atoms with Gasteiger partial charge in [-0.05, 0) is 26.4 Å². The zero-order chi connectivity index (χ0) is 10.1. The summed E-state index contributed by atoms with van der Waals surface area (Å²) in [6.07, 6.45) is 2.82. The number of hydrogen-bond acceptors (Lipinski definition) is 3. The van der Waals surface area contributed by atoms with Crippen LogP contribution in [0.2, 0.25) is 0 Å². The van der Waals surface area contributed by atoms with Crippen molar-refractivity contribution in [2.45, 2.75) is 19.3 Å². The van der Waals surface area contributed by atoms with Crippen LogP contribution >= 0.6 is 0 Å². The first-order chi connectivity index (χ1) is 6.16. The molecule has 0 rings (SSSR count). The van der Waals surface area contributed by atoms with Crippen molar-refractivity contribution >= 4 is 5.84 Å². The fourth-order valence-corrected chi connectivity index (χ4v) is 1.06. The molecule has 0 aliphatic heterocycles. The zero-order valence-corrected chi connectivity index (χ0v) is 8.68. The molecular weight excluding hydrogens is 166 g/mol. The van der Waals surface area contributed by atoms with E-state index in [0.29, 0.717) is 5.84 Å². The summed E-state index contributed by atoms with van der Waals surface area (Å²) in [6.45, 7) is 2.80. The third-order valence-corrected chi connectivity index (χ3v) is 1.91. The summed E-state index contributed by atoms with van der Waals surface area (Å²) in [5, 5.41) is 7.04. The first kappa shape index (κ1) is 12.4. The number of nitrogens with zero attached hydrogens (tertiary/aromatic N) is 1. The Morgan fingerprint density at radius 3 is 2.62 bits per heavy atom. The van der Waals surface area contributed by atoms with E-state index in [0.717, 1.165) is 39.0 Å². The molecule has 0 spiro atoms. The Morgan fingerprint density at radius 1 is 1.38 bits per heavy atom. The van der Waals surface area contributed by atoms with Gasteiger partial charge in [0.2, 0.25) is 0 Å². The predicted octanol–water partition coefficient (Wildman–Crippen LogP) is 0.671. The standard InChI is InChI=1S/C9H21N3O/c1-12(7-8-13-2)6-4-3-5-9(10)11/h3-8H2,1-2H3,(H3,10,11). The minimum Gasteiger partial charge on any atom is -0.388 e. The van der Waals surface area contributed by atoms with Crippen LogP contribution in [-0.4, -0.2) is 44.6 Å². The number of rotatable bonds is 8. The molecule has 0 saturated carbocycles. The Morgan fingerprint density at radius 2 is 2.08 bits per heavy atom. The Hall–Kier alpha value is -0.610. The molecule has 13 heavy (non-hydrogen) atoms. The van der Waals surface area contributed by atoms with Crippen LogP contribution in [0.15, 0.2) is 0 Å². The van der Waals surface area contributed by atoms with Gasteiger partial charge in [-0.2, -0.15) is 0 Å². The van der Waals surface area contributed by atoms with Gasteiger partial charge >= 0.3 is 0 Å². The van der Waals surface area contributed by atoms with Gasteiger partial charge in [-0.15, -0.1) is 0 Å². The van der Waals surface area contributed by atoms with E-state index in [1.807, 2.05) is 0 Å². The van der Waals surface area contributed by atoms with E-state index in [9.17, 15) is 0 Å². The fourth-order valence-electron chi connectivity index (χ4n) is 1.06. The van der Waals surface area contributed by atoms with Gasteiger partial charge in [-0.3, -0.25) is 5.41 Å². The third kappa shape index (κ3) is 9.30. The Labute approximate surface area is 80.6 Å². The molecule has 0 aliphatic rings. The van der Waals surface area contributed by atoms with Gasteiger partial charge in [-0.25, -0.2) is 0 Å². The van der Waals surface area contributed by atoms with Gasteiger partial charge in [0.05, 0.1) is 12.4 Å². The van der Waals surface area contributed by atoms with Gasteiger partial charge in [0.15, 0.2) is 0 Å². The van der Waals surface area contributed by atoms with Gasteiger partial charge < -0.3 is 15.4 Å². The molecule has 0 heterocycles. The molecule has 3 N–H and O–H groups in total. The number of nitrogens with two attached hydrogens (primary N) is 1. The highest BCUT2D eigenvalue weighted by Crippen LogP contribution is 1.96. The highest BCUT2D eigenvalue weighted by Gasteiger charge is 1.97. The summed E-state index contributed by atoms with van der Waals surface area (Å²) in [5.74, 6) is 0.291. The topological polar surface area (TPSA) is 62.3 Å². The second kappa shape index (κ2) is 8.01. The number of ether oxygens (including phenoxy) is 1. The monoisotopic (exact) mass is 187 g/mol. The summed E-state index contributed by atoms with van der Waals surface area (Å²) in [5.41, 5.74) is 5.24. The van der Waals surface area contributed by atoms with E-state index in [1.54, 1.807) is 7.11 Å². The summed E-state index contributed by atoms with van der Waals surface area (Å²) < 4.78 is 4.96. The molecule has 0 aromatic rings. The quantitative estimate of drug-likeness (QED) is 0.333. The third-order valence-electron chi connectivity index (χ3n) is 1.91. The molecule has 4 heteroatoms. The summed E-state index contributed by atoms with van der Waals surface area (Å²) >= 11 is 0. The molecule has 0 unspecified atom stereocenters. The zero-order valence-electron chi connectivity index (χ0n) is 8.68. The summed E-state index contributed by atoms with van der Waals surface area (Å²) in [4.78, 5) is 2.23. The van der Waals surface area contributed by atoms with E-state index in [4.69, 9.17) is 15.9 Å². The molecule has 0 aromatic heterocycles. The SMILES string of the molecule is COCCN(C)CCCCC(=N)N. The van der Waals surface area contributed by atoms with Crippen molar-refractivity contribution in [2.75, 3.05) is 33.9 Å². The highest BCUT2D eigenvalue weighted by molar-refractivity contribution is 5.76. The van der Waals surface area contributed by atoms with E-state index in [2.05, 4.69) is 11.9 Å². The molecule has 0 radical (unpaired) electrons. The molecule has 0 amide bonds. The molecule has 0 atom stereocenters. The Balaban J connectivity index is 3.16. The van der Waals surface area contributed by atoms with E-state index in [1.165, 1.54) is 0 Å². The number of hydrogen-bond donors (Lipinski definition) is 2. The van der Waals surface area contributed by atoms with Crippen LogP contribution in [-0.2, 0) is 4.74 Å². The minimum atomic E-state index is 0.291. The van der Waals surface area contributed by atoms with Gasteiger partial charge in [0.1, 0.15) is 0 Å². The number of likely N-dealkylation sites (N-methyl/N-ethyl adjacent to an activating group) is 1. The minimum absolute atomic E-state index is 0.291.